The number of pyridine rings is 1. The van der Waals surface area contributed by atoms with Crippen LogP contribution in [0.3, 0.4) is 0 Å². The molecule has 1 amide bonds. The molecule has 0 saturated heterocycles. The highest BCUT2D eigenvalue weighted by atomic mass is 16.1. The standard InChI is InChI=1S/C22H24N6O/c1-5-28-11-10-19(26-28)14(2)24-22(29)17-12-21(18-13-23-27(4)15(18)3)25-20-9-7-6-8-16(17)20/h6-14H,5H2,1-4H3,(H,24,29). The van der Waals surface area contributed by atoms with Crippen LogP contribution < -0.4 is 5.32 Å². The summed E-state index contributed by atoms with van der Waals surface area (Å²) < 4.78 is 3.65. The molecule has 4 aromatic rings. The number of aromatic nitrogens is 5. The van der Waals surface area contributed by atoms with E-state index in [1.807, 2.05) is 75.1 Å². The monoisotopic (exact) mass is 388 g/mol. The number of carbonyl (C=O) groups is 1. The van der Waals surface area contributed by atoms with Crippen molar-refractivity contribution in [3.05, 3.63) is 65.7 Å². The van der Waals surface area contributed by atoms with Gasteiger partial charge in [-0.2, -0.15) is 10.2 Å². The molecule has 3 heterocycles. The summed E-state index contributed by atoms with van der Waals surface area (Å²) in [5.41, 5.74) is 4.86. The second-order valence-electron chi connectivity index (χ2n) is 7.13. The maximum absolute atomic E-state index is 13.2. The highest BCUT2D eigenvalue weighted by Crippen LogP contribution is 2.27. The third kappa shape index (κ3) is 3.51. The summed E-state index contributed by atoms with van der Waals surface area (Å²) in [7, 11) is 1.89. The van der Waals surface area contributed by atoms with Gasteiger partial charge in [-0.05, 0) is 39.0 Å². The SMILES string of the molecule is CCn1ccc(C(C)NC(=O)c2cc(-c3cnn(C)c3C)nc3ccccc23)n1. The molecule has 1 N–H and O–H groups in total. The van der Waals surface area contributed by atoms with Gasteiger partial charge < -0.3 is 5.32 Å². The van der Waals surface area contributed by atoms with Crippen molar-refractivity contribution in [2.45, 2.75) is 33.4 Å². The number of hydrogen-bond donors (Lipinski definition) is 1. The van der Waals surface area contributed by atoms with Crippen LogP contribution in [0, 0.1) is 6.92 Å². The molecule has 0 aliphatic heterocycles. The van der Waals surface area contributed by atoms with Crippen molar-refractivity contribution in [3.63, 3.8) is 0 Å². The zero-order chi connectivity index (χ0) is 20.5. The Labute approximate surface area is 169 Å². The van der Waals surface area contributed by atoms with Crippen molar-refractivity contribution in [2.75, 3.05) is 0 Å². The summed E-state index contributed by atoms with van der Waals surface area (Å²) in [6.07, 6.45) is 3.71. The van der Waals surface area contributed by atoms with Gasteiger partial charge in [0.1, 0.15) is 0 Å². The lowest BCUT2D eigenvalue weighted by atomic mass is 10.0. The van der Waals surface area contributed by atoms with Crippen molar-refractivity contribution < 1.29 is 4.79 Å². The summed E-state index contributed by atoms with van der Waals surface area (Å²) in [4.78, 5) is 18.0. The lowest BCUT2D eigenvalue weighted by molar-refractivity contribution is 0.0940. The van der Waals surface area contributed by atoms with Crippen LogP contribution in [0.2, 0.25) is 0 Å². The Hall–Kier alpha value is -3.48. The van der Waals surface area contributed by atoms with Crippen molar-refractivity contribution in [3.8, 4) is 11.3 Å². The molecule has 3 aromatic heterocycles. The van der Waals surface area contributed by atoms with Gasteiger partial charge in [-0.15, -0.1) is 0 Å². The maximum Gasteiger partial charge on any atom is 0.252 e. The van der Waals surface area contributed by atoms with E-state index >= 15 is 0 Å². The second-order valence-corrected chi connectivity index (χ2v) is 7.13. The van der Waals surface area contributed by atoms with Gasteiger partial charge in [0.25, 0.3) is 5.91 Å². The predicted molar refractivity (Wildman–Crippen MR) is 112 cm³/mol. The van der Waals surface area contributed by atoms with Gasteiger partial charge >= 0.3 is 0 Å². The Balaban J connectivity index is 1.73. The first-order valence-corrected chi connectivity index (χ1v) is 9.71. The van der Waals surface area contributed by atoms with Crippen molar-refractivity contribution in [2.24, 2.45) is 7.05 Å². The lowest BCUT2D eigenvalue weighted by Gasteiger charge is -2.14. The molecule has 0 aliphatic carbocycles. The third-order valence-corrected chi connectivity index (χ3v) is 5.25. The van der Waals surface area contributed by atoms with Gasteiger partial charge in [-0.1, -0.05) is 18.2 Å². The topological polar surface area (TPSA) is 77.6 Å². The molecule has 0 bridgehead atoms. The minimum atomic E-state index is -0.203. The molecule has 7 heteroatoms. The van der Waals surface area contributed by atoms with Crippen LogP contribution in [0.4, 0.5) is 0 Å². The van der Waals surface area contributed by atoms with Gasteiger partial charge in [0, 0.05) is 36.4 Å². The van der Waals surface area contributed by atoms with Gasteiger partial charge in [0.2, 0.25) is 0 Å². The number of nitrogens with zero attached hydrogens (tertiary/aromatic N) is 5. The molecule has 1 atom stereocenters. The zero-order valence-corrected chi connectivity index (χ0v) is 17.0. The van der Waals surface area contributed by atoms with Gasteiger partial charge in [0.05, 0.1) is 34.7 Å². The number of benzene rings is 1. The number of hydrogen-bond acceptors (Lipinski definition) is 4. The van der Waals surface area contributed by atoms with Crippen LogP contribution in [0.5, 0.6) is 0 Å². The predicted octanol–water partition coefficient (Wildman–Crippen LogP) is 3.65. The average Bonchev–Trinajstić information content (AvgIpc) is 3.34. The number of nitrogens with one attached hydrogen (secondary N) is 1. The number of rotatable bonds is 5. The fraction of sp³-hybridized carbons (Fsp3) is 0.273. The molecule has 0 saturated carbocycles. The number of fused-ring (bicyclic) bond motifs is 1. The Morgan fingerprint density at radius 1 is 1.24 bits per heavy atom. The third-order valence-electron chi connectivity index (χ3n) is 5.25. The minimum absolute atomic E-state index is 0.148. The van der Waals surface area contributed by atoms with E-state index in [0.717, 1.165) is 40.1 Å². The molecule has 4 rings (SSSR count). The average molecular weight is 388 g/mol. The number of para-hydroxylation sites is 1. The first kappa shape index (κ1) is 18.9. The maximum atomic E-state index is 13.2. The van der Waals surface area contributed by atoms with Gasteiger partial charge in [0.15, 0.2) is 0 Å². The van der Waals surface area contributed by atoms with Crippen molar-refractivity contribution in [1.29, 1.82) is 0 Å². The zero-order valence-electron chi connectivity index (χ0n) is 17.0. The van der Waals surface area contributed by atoms with E-state index in [-0.39, 0.29) is 11.9 Å². The van der Waals surface area contributed by atoms with Crippen LogP contribution >= 0.6 is 0 Å². The fourth-order valence-electron chi connectivity index (χ4n) is 3.38. The van der Waals surface area contributed by atoms with Crippen molar-refractivity contribution in [1.82, 2.24) is 29.9 Å². The van der Waals surface area contributed by atoms with E-state index < -0.39 is 0 Å². The summed E-state index contributed by atoms with van der Waals surface area (Å²) >= 11 is 0. The fourth-order valence-corrected chi connectivity index (χ4v) is 3.38. The molecule has 7 nitrogen and oxygen atoms in total. The van der Waals surface area contributed by atoms with Crippen LogP contribution in [0.1, 0.15) is 41.6 Å². The largest absolute Gasteiger partial charge is 0.344 e. The highest BCUT2D eigenvalue weighted by molar-refractivity contribution is 6.07. The van der Waals surface area contributed by atoms with Crippen LogP contribution in [-0.2, 0) is 13.6 Å². The molecule has 0 aliphatic rings. The molecule has 1 aromatic carbocycles. The molecule has 1 unspecified atom stereocenters. The van der Waals surface area contributed by atoms with Gasteiger partial charge in [-0.3, -0.25) is 14.2 Å². The van der Waals surface area contributed by atoms with E-state index in [0.29, 0.717) is 5.56 Å². The van der Waals surface area contributed by atoms with E-state index in [2.05, 4.69) is 15.5 Å². The summed E-state index contributed by atoms with van der Waals surface area (Å²) in [6.45, 7) is 6.76. The Bertz CT molecular complexity index is 1190. The summed E-state index contributed by atoms with van der Waals surface area (Å²) in [6, 6.07) is 11.3. The Kier molecular flexibility index (Phi) is 4.88. The smallest absolute Gasteiger partial charge is 0.252 e. The first-order chi connectivity index (χ1) is 14.0. The molecule has 0 radical (unpaired) electrons. The molecular weight excluding hydrogens is 364 g/mol. The van der Waals surface area contributed by atoms with Crippen LogP contribution in [0.15, 0.2) is 48.8 Å². The van der Waals surface area contributed by atoms with Gasteiger partial charge in [-0.25, -0.2) is 4.98 Å². The molecule has 148 valence electrons. The number of amides is 1. The Morgan fingerprint density at radius 3 is 2.72 bits per heavy atom. The molecular formula is C22H24N6O. The number of aryl methyl sites for hydroxylation is 2. The van der Waals surface area contributed by atoms with E-state index in [1.165, 1.54) is 0 Å². The van der Waals surface area contributed by atoms with E-state index in [1.54, 1.807) is 10.9 Å². The molecule has 29 heavy (non-hydrogen) atoms. The van der Waals surface area contributed by atoms with E-state index in [4.69, 9.17) is 4.98 Å². The first-order valence-electron chi connectivity index (χ1n) is 9.71. The minimum Gasteiger partial charge on any atom is -0.344 e. The lowest BCUT2D eigenvalue weighted by Crippen LogP contribution is -2.27. The molecule has 0 fully saturated rings. The van der Waals surface area contributed by atoms with Crippen molar-refractivity contribution >= 4 is 16.8 Å². The quantitative estimate of drug-likeness (QED) is 0.566. The van der Waals surface area contributed by atoms with E-state index in [9.17, 15) is 4.79 Å². The summed E-state index contributed by atoms with van der Waals surface area (Å²) in [5.74, 6) is -0.148. The normalized spacial score (nSPS) is 12.3. The number of carbonyl (C=O) groups excluding carboxylic acids is 1. The Morgan fingerprint density at radius 2 is 2.03 bits per heavy atom. The second kappa shape index (κ2) is 7.50. The van der Waals surface area contributed by atoms with Crippen LogP contribution in [-0.4, -0.2) is 30.5 Å². The highest BCUT2D eigenvalue weighted by Gasteiger charge is 2.19. The summed E-state index contributed by atoms with van der Waals surface area (Å²) in [5, 5.41) is 12.7. The van der Waals surface area contributed by atoms with Crippen LogP contribution in [0.25, 0.3) is 22.2 Å². The molecule has 0 spiro atoms.